The predicted molar refractivity (Wildman–Crippen MR) is 133 cm³/mol. The Balaban J connectivity index is 0.00000115. The van der Waals surface area contributed by atoms with Gasteiger partial charge in [0.1, 0.15) is 22.9 Å². The van der Waals surface area contributed by atoms with Gasteiger partial charge in [-0.1, -0.05) is 40.3 Å². The molecular weight excluding hydrogens is 498 g/mol. The first-order chi connectivity index (χ1) is 17.7. The second-order valence-corrected chi connectivity index (χ2v) is 7.91. The quantitative estimate of drug-likeness (QED) is 0.290. The van der Waals surface area contributed by atoms with Crippen molar-refractivity contribution in [3.05, 3.63) is 54.1 Å². The van der Waals surface area contributed by atoms with Crippen LogP contribution < -0.4 is 10.6 Å². The van der Waals surface area contributed by atoms with Gasteiger partial charge in [-0.25, -0.2) is 27.2 Å². The standard InChI is InChI=1S/C21H22F6N6.2C2H6/c1-11(14-9-33(21(26)27)31-18(14)20(24)25)28-12-5-7-13(8-6-12)29-16-3-2-4-17-30-15(19(22)23)10-32(16)17;2*1-2/h2-4,9-10,12-13,19-21,28-29H,1,5-8H2;2*1-2H3. The lowest BCUT2D eigenvalue weighted by molar-refractivity contribution is 0.0537. The van der Waals surface area contributed by atoms with Crippen molar-refractivity contribution in [2.45, 2.75) is 84.9 Å². The Morgan fingerprint density at radius 2 is 1.54 bits per heavy atom. The number of hydrogen-bond donors (Lipinski definition) is 2. The molecule has 0 aliphatic heterocycles. The molecule has 0 amide bonds. The van der Waals surface area contributed by atoms with Gasteiger partial charge in [-0.15, -0.1) is 0 Å². The predicted octanol–water partition coefficient (Wildman–Crippen LogP) is 7.84. The molecule has 2 N–H and O–H groups in total. The lowest BCUT2D eigenvalue weighted by Crippen LogP contribution is -2.36. The number of hydrogen-bond acceptors (Lipinski definition) is 4. The molecule has 0 saturated heterocycles. The number of anilines is 1. The molecule has 0 radical (unpaired) electrons. The van der Waals surface area contributed by atoms with Gasteiger partial charge in [-0.2, -0.15) is 13.9 Å². The third kappa shape index (κ3) is 7.42. The summed E-state index contributed by atoms with van der Waals surface area (Å²) in [5.74, 6) is 0.647. The summed E-state index contributed by atoms with van der Waals surface area (Å²) in [6, 6.07) is 5.15. The van der Waals surface area contributed by atoms with Crippen LogP contribution in [-0.4, -0.2) is 31.2 Å². The van der Waals surface area contributed by atoms with Gasteiger partial charge in [0, 0.05) is 35.7 Å². The second-order valence-electron chi connectivity index (χ2n) is 7.91. The normalized spacial score (nSPS) is 17.3. The minimum absolute atomic E-state index is 0.0672. The molecule has 1 fully saturated rings. The van der Waals surface area contributed by atoms with E-state index in [-0.39, 0.29) is 33.7 Å². The van der Waals surface area contributed by atoms with E-state index in [1.807, 2.05) is 27.7 Å². The number of imidazole rings is 1. The molecule has 6 nitrogen and oxygen atoms in total. The topological polar surface area (TPSA) is 59.2 Å². The molecule has 206 valence electrons. The van der Waals surface area contributed by atoms with Crippen LogP contribution >= 0.6 is 0 Å². The zero-order chi connectivity index (χ0) is 27.7. The summed E-state index contributed by atoms with van der Waals surface area (Å²) in [4.78, 5) is 3.92. The monoisotopic (exact) mass is 532 g/mol. The van der Waals surface area contributed by atoms with Gasteiger partial charge < -0.3 is 10.6 Å². The second kappa shape index (κ2) is 13.9. The number of fused-ring (bicyclic) bond motifs is 1. The molecule has 1 saturated carbocycles. The third-order valence-electron chi connectivity index (χ3n) is 5.68. The van der Waals surface area contributed by atoms with Gasteiger partial charge in [-0.3, -0.25) is 4.40 Å². The smallest absolute Gasteiger partial charge is 0.333 e. The average Bonchev–Trinajstić information content (AvgIpc) is 3.54. The van der Waals surface area contributed by atoms with Crippen LogP contribution in [-0.2, 0) is 0 Å². The molecule has 1 aliphatic rings. The van der Waals surface area contributed by atoms with Crippen molar-refractivity contribution < 1.29 is 26.3 Å². The fourth-order valence-corrected chi connectivity index (χ4v) is 4.07. The van der Waals surface area contributed by atoms with Crippen molar-refractivity contribution in [1.29, 1.82) is 0 Å². The Bertz CT molecular complexity index is 1120. The summed E-state index contributed by atoms with van der Waals surface area (Å²) in [6.45, 7) is 8.72. The molecule has 3 aromatic heterocycles. The van der Waals surface area contributed by atoms with E-state index in [4.69, 9.17) is 0 Å². The van der Waals surface area contributed by atoms with Crippen LogP contribution in [0.2, 0.25) is 0 Å². The molecule has 12 heteroatoms. The summed E-state index contributed by atoms with van der Waals surface area (Å²) in [5, 5.41) is 9.68. The molecule has 3 aromatic rings. The van der Waals surface area contributed by atoms with E-state index in [0.29, 0.717) is 24.3 Å². The Morgan fingerprint density at radius 1 is 0.919 bits per heavy atom. The van der Waals surface area contributed by atoms with E-state index >= 15 is 0 Å². The number of aromatic nitrogens is 4. The Morgan fingerprint density at radius 3 is 2.11 bits per heavy atom. The fourth-order valence-electron chi connectivity index (χ4n) is 4.07. The van der Waals surface area contributed by atoms with E-state index < -0.39 is 25.1 Å². The van der Waals surface area contributed by atoms with Crippen LogP contribution in [0.3, 0.4) is 0 Å². The van der Waals surface area contributed by atoms with Crippen LogP contribution in [0.4, 0.5) is 32.2 Å². The molecule has 3 heterocycles. The zero-order valence-corrected chi connectivity index (χ0v) is 21.4. The highest BCUT2D eigenvalue weighted by atomic mass is 19.3. The lowest BCUT2D eigenvalue weighted by Gasteiger charge is -2.31. The molecule has 0 unspecified atom stereocenters. The highest BCUT2D eigenvalue weighted by Crippen LogP contribution is 2.30. The maximum atomic E-state index is 13.2. The van der Waals surface area contributed by atoms with Crippen molar-refractivity contribution >= 4 is 17.2 Å². The molecule has 0 spiro atoms. The Kier molecular flexibility index (Phi) is 11.3. The molecule has 0 aromatic carbocycles. The summed E-state index contributed by atoms with van der Waals surface area (Å²) >= 11 is 0. The number of nitrogens with one attached hydrogen (secondary N) is 2. The molecule has 0 bridgehead atoms. The van der Waals surface area contributed by atoms with E-state index in [2.05, 4.69) is 27.3 Å². The van der Waals surface area contributed by atoms with Gasteiger partial charge in [-0.05, 0) is 37.8 Å². The maximum Gasteiger partial charge on any atom is 0.333 e. The average molecular weight is 533 g/mol. The molecule has 0 atom stereocenters. The SMILES string of the molecule is C=C(NC1CCC(Nc2cccc3nc(C(F)F)cn23)CC1)c1cn(C(F)F)nc1C(F)F.CC.CC. The van der Waals surface area contributed by atoms with Crippen LogP contribution in [0.25, 0.3) is 11.3 Å². The van der Waals surface area contributed by atoms with E-state index in [0.717, 1.165) is 19.0 Å². The minimum Gasteiger partial charge on any atom is -0.382 e. The van der Waals surface area contributed by atoms with Gasteiger partial charge in [0.2, 0.25) is 0 Å². The summed E-state index contributed by atoms with van der Waals surface area (Å²) in [5.41, 5.74) is -0.627. The van der Waals surface area contributed by atoms with E-state index in [1.165, 1.54) is 6.20 Å². The number of alkyl halides is 6. The van der Waals surface area contributed by atoms with Crippen LogP contribution in [0.15, 0.2) is 37.2 Å². The highest BCUT2D eigenvalue weighted by molar-refractivity contribution is 5.63. The van der Waals surface area contributed by atoms with E-state index in [9.17, 15) is 26.3 Å². The van der Waals surface area contributed by atoms with Crippen LogP contribution in [0.5, 0.6) is 0 Å². The number of nitrogens with zero attached hydrogens (tertiary/aromatic N) is 4. The summed E-state index contributed by atoms with van der Waals surface area (Å²) in [6.07, 6.45) is -0.711. The van der Waals surface area contributed by atoms with Crippen molar-refractivity contribution in [1.82, 2.24) is 24.5 Å². The molecule has 1 aliphatic carbocycles. The highest BCUT2D eigenvalue weighted by Gasteiger charge is 2.26. The number of halogens is 6. The lowest BCUT2D eigenvalue weighted by atomic mass is 9.90. The molecular formula is C25H34F6N6. The van der Waals surface area contributed by atoms with Gasteiger partial charge >= 0.3 is 6.55 Å². The first kappa shape index (κ1) is 30.0. The maximum absolute atomic E-state index is 13.2. The first-order valence-electron chi connectivity index (χ1n) is 12.4. The first-order valence-corrected chi connectivity index (χ1v) is 12.4. The summed E-state index contributed by atoms with van der Waals surface area (Å²) in [7, 11) is 0. The third-order valence-corrected chi connectivity index (χ3v) is 5.68. The Hall–Kier alpha value is -3.18. The molecule has 4 rings (SSSR count). The number of rotatable bonds is 8. The van der Waals surface area contributed by atoms with E-state index in [1.54, 1.807) is 22.6 Å². The largest absolute Gasteiger partial charge is 0.382 e. The minimum atomic E-state index is -3.03. The Labute approximate surface area is 212 Å². The van der Waals surface area contributed by atoms with Gasteiger partial charge in [0.15, 0.2) is 0 Å². The zero-order valence-electron chi connectivity index (χ0n) is 21.4. The van der Waals surface area contributed by atoms with Gasteiger partial charge in [0.25, 0.3) is 12.9 Å². The van der Waals surface area contributed by atoms with Crippen molar-refractivity contribution in [2.24, 2.45) is 0 Å². The molecule has 37 heavy (non-hydrogen) atoms. The van der Waals surface area contributed by atoms with Crippen molar-refractivity contribution in [3.8, 4) is 0 Å². The van der Waals surface area contributed by atoms with Crippen LogP contribution in [0.1, 0.15) is 89.7 Å². The van der Waals surface area contributed by atoms with Crippen molar-refractivity contribution in [3.63, 3.8) is 0 Å². The fraction of sp³-hybridized carbons (Fsp3) is 0.520. The summed E-state index contributed by atoms with van der Waals surface area (Å²) < 4.78 is 79.9. The van der Waals surface area contributed by atoms with Crippen LogP contribution in [0, 0.1) is 0 Å². The van der Waals surface area contributed by atoms with Crippen molar-refractivity contribution in [2.75, 3.05) is 5.32 Å². The number of pyridine rings is 1. The van der Waals surface area contributed by atoms with Gasteiger partial charge in [0.05, 0.1) is 0 Å².